The van der Waals surface area contributed by atoms with Crippen LogP contribution in [0.2, 0.25) is 0 Å². The van der Waals surface area contributed by atoms with Crippen molar-refractivity contribution in [1.29, 1.82) is 0 Å². The molecule has 166 valence electrons. The van der Waals surface area contributed by atoms with E-state index >= 15 is 0 Å². The molecule has 1 aromatic heterocycles. The van der Waals surface area contributed by atoms with E-state index in [2.05, 4.69) is 10.3 Å². The zero-order valence-corrected chi connectivity index (χ0v) is 17.3. The predicted octanol–water partition coefficient (Wildman–Crippen LogP) is 2.98. The van der Waals surface area contributed by atoms with E-state index in [1.54, 1.807) is 13.8 Å². The maximum absolute atomic E-state index is 14.4. The number of carboxylic acid groups (broad SMARTS) is 1. The van der Waals surface area contributed by atoms with E-state index < -0.39 is 47.2 Å². The van der Waals surface area contributed by atoms with Crippen LogP contribution in [0.3, 0.4) is 0 Å². The summed E-state index contributed by atoms with van der Waals surface area (Å²) >= 11 is 0. The fourth-order valence-corrected chi connectivity index (χ4v) is 3.93. The molecule has 8 nitrogen and oxygen atoms in total. The molecule has 1 aromatic carbocycles. The highest BCUT2D eigenvalue weighted by atomic mass is 19.2. The molecule has 1 amide bonds. The Balaban J connectivity index is 2.06. The Morgan fingerprint density at radius 2 is 1.94 bits per heavy atom. The van der Waals surface area contributed by atoms with E-state index in [1.165, 1.54) is 38.6 Å². The molecule has 2 N–H and O–H groups in total. The molecule has 10 heteroatoms. The van der Waals surface area contributed by atoms with Gasteiger partial charge in [-0.3, -0.25) is 4.79 Å². The number of carbonyl (C=O) groups is 2. The zero-order chi connectivity index (χ0) is 22.9. The molecule has 0 aliphatic carbocycles. The highest BCUT2D eigenvalue weighted by Crippen LogP contribution is 2.46. The molecular weight excluding hydrogens is 414 g/mol. The lowest BCUT2D eigenvalue weighted by Gasteiger charge is -2.28. The number of methoxy groups -OCH3 is 2. The lowest BCUT2D eigenvalue weighted by Crippen LogP contribution is -2.36. The molecule has 1 saturated heterocycles. The van der Waals surface area contributed by atoms with Gasteiger partial charge in [0, 0.05) is 18.9 Å². The fourth-order valence-electron chi connectivity index (χ4n) is 3.93. The van der Waals surface area contributed by atoms with Gasteiger partial charge >= 0.3 is 5.97 Å². The summed E-state index contributed by atoms with van der Waals surface area (Å²) in [5, 5.41) is 11.8. The molecule has 0 radical (unpaired) electrons. The number of aromatic nitrogens is 1. The van der Waals surface area contributed by atoms with Gasteiger partial charge in [-0.05, 0) is 32.0 Å². The first kappa shape index (κ1) is 22.6. The quantitative estimate of drug-likeness (QED) is 0.717. The Bertz CT molecular complexity index is 1010. The maximum atomic E-state index is 14.4. The summed E-state index contributed by atoms with van der Waals surface area (Å²) in [4.78, 5) is 28.3. The maximum Gasteiger partial charge on any atom is 0.356 e. The first-order chi connectivity index (χ1) is 14.6. The largest absolute Gasteiger partial charge is 0.493 e. The number of carboxylic acids is 1. The Kier molecular flexibility index (Phi) is 6.23. The predicted molar refractivity (Wildman–Crippen MR) is 105 cm³/mol. The number of nitrogens with zero attached hydrogens (tertiary/aromatic N) is 1. The van der Waals surface area contributed by atoms with Crippen LogP contribution in [-0.4, -0.2) is 54.0 Å². The fraction of sp³-hybridized carbons (Fsp3) is 0.381. The molecule has 1 fully saturated rings. The number of ether oxygens (including phenoxy) is 3. The zero-order valence-electron chi connectivity index (χ0n) is 17.3. The molecule has 3 rings (SSSR count). The monoisotopic (exact) mass is 436 g/mol. The smallest absolute Gasteiger partial charge is 0.356 e. The number of halogens is 2. The lowest BCUT2D eigenvalue weighted by molar-refractivity contribution is -0.132. The van der Waals surface area contributed by atoms with Crippen LogP contribution in [0, 0.1) is 11.6 Å². The van der Waals surface area contributed by atoms with Gasteiger partial charge in [0.25, 0.3) is 5.91 Å². The van der Waals surface area contributed by atoms with E-state index in [-0.39, 0.29) is 22.7 Å². The average molecular weight is 436 g/mol. The van der Waals surface area contributed by atoms with Crippen molar-refractivity contribution >= 4 is 17.6 Å². The molecule has 3 atom stereocenters. The van der Waals surface area contributed by atoms with Crippen molar-refractivity contribution in [2.45, 2.75) is 37.6 Å². The first-order valence-electron chi connectivity index (χ1n) is 9.34. The Hall–Kier alpha value is -3.11. The van der Waals surface area contributed by atoms with Crippen molar-refractivity contribution in [2.24, 2.45) is 0 Å². The summed E-state index contributed by atoms with van der Waals surface area (Å²) in [5.74, 6) is -5.56. The van der Waals surface area contributed by atoms with Crippen molar-refractivity contribution in [3.05, 3.63) is 53.4 Å². The number of carbonyl (C=O) groups excluding carboxylic acids is 1. The van der Waals surface area contributed by atoms with E-state index in [4.69, 9.17) is 14.2 Å². The first-order valence-corrected chi connectivity index (χ1v) is 9.34. The summed E-state index contributed by atoms with van der Waals surface area (Å²) in [5.41, 5.74) is -1.18. The van der Waals surface area contributed by atoms with Gasteiger partial charge in [-0.2, -0.15) is 4.39 Å². The van der Waals surface area contributed by atoms with Crippen LogP contribution in [0.25, 0.3) is 0 Å². The van der Waals surface area contributed by atoms with E-state index in [9.17, 15) is 23.5 Å². The van der Waals surface area contributed by atoms with Gasteiger partial charge in [0.15, 0.2) is 17.3 Å². The summed E-state index contributed by atoms with van der Waals surface area (Å²) in [6.45, 7) is 3.39. The molecular formula is C21H22F2N2O6. The average Bonchev–Trinajstić information content (AvgIpc) is 3.00. The van der Waals surface area contributed by atoms with Crippen molar-refractivity contribution in [2.75, 3.05) is 19.5 Å². The highest BCUT2D eigenvalue weighted by molar-refractivity contribution is 6.01. The van der Waals surface area contributed by atoms with Crippen LogP contribution >= 0.6 is 0 Å². The molecule has 1 aliphatic rings. The Morgan fingerprint density at radius 3 is 2.55 bits per heavy atom. The number of rotatable bonds is 6. The SMILES string of the molecule is COc1c(C2C(C(=O)Nc3cccnc3C(=O)O)OC(C)(C)C2OC)ccc(F)c1F. The Morgan fingerprint density at radius 1 is 1.23 bits per heavy atom. The second-order valence-electron chi connectivity index (χ2n) is 7.50. The third-order valence-electron chi connectivity index (χ3n) is 5.19. The molecule has 0 saturated carbocycles. The van der Waals surface area contributed by atoms with E-state index in [1.807, 2.05) is 0 Å². The van der Waals surface area contributed by atoms with Gasteiger partial charge in [0.05, 0.1) is 30.4 Å². The third kappa shape index (κ3) is 4.08. The number of benzene rings is 1. The Labute approximate surface area is 177 Å². The molecule has 1 aliphatic heterocycles. The summed E-state index contributed by atoms with van der Waals surface area (Å²) in [7, 11) is 2.60. The van der Waals surface area contributed by atoms with Crippen LogP contribution in [0.5, 0.6) is 5.75 Å². The van der Waals surface area contributed by atoms with Crippen LogP contribution < -0.4 is 10.1 Å². The van der Waals surface area contributed by atoms with Gasteiger partial charge in [-0.15, -0.1) is 0 Å². The van der Waals surface area contributed by atoms with Gasteiger partial charge in [0.1, 0.15) is 6.10 Å². The van der Waals surface area contributed by atoms with Crippen molar-refractivity contribution in [1.82, 2.24) is 4.98 Å². The standard InChI is InChI=1S/C21H22F2N2O6/c1-21(2)18(30-4)13(10-7-8-11(22)14(23)16(10)29-3)17(31-21)19(26)25-12-6-5-9-24-15(12)20(27)28/h5-9,13,17-18H,1-4H3,(H,25,26)(H,27,28). The number of hydrogen-bond donors (Lipinski definition) is 2. The third-order valence-corrected chi connectivity index (χ3v) is 5.19. The summed E-state index contributed by atoms with van der Waals surface area (Å²) in [6, 6.07) is 5.10. The van der Waals surface area contributed by atoms with Gasteiger partial charge in [-0.25, -0.2) is 14.2 Å². The van der Waals surface area contributed by atoms with E-state index in [0.717, 1.165) is 6.07 Å². The number of amides is 1. The number of anilines is 1. The minimum absolute atomic E-state index is 0.0294. The number of hydrogen-bond acceptors (Lipinski definition) is 6. The molecule has 2 aromatic rings. The van der Waals surface area contributed by atoms with E-state index in [0.29, 0.717) is 0 Å². The van der Waals surface area contributed by atoms with Gasteiger partial charge < -0.3 is 24.6 Å². The van der Waals surface area contributed by atoms with Crippen molar-refractivity contribution in [3.63, 3.8) is 0 Å². The minimum Gasteiger partial charge on any atom is -0.493 e. The molecule has 0 spiro atoms. The number of aromatic carboxylic acids is 1. The van der Waals surface area contributed by atoms with Crippen molar-refractivity contribution < 1.29 is 37.7 Å². The molecule has 2 heterocycles. The molecule has 0 bridgehead atoms. The minimum atomic E-state index is -1.32. The summed E-state index contributed by atoms with van der Waals surface area (Å²) in [6.07, 6.45) is -0.667. The van der Waals surface area contributed by atoms with Crippen LogP contribution in [0.15, 0.2) is 30.5 Å². The molecule has 31 heavy (non-hydrogen) atoms. The second-order valence-corrected chi connectivity index (χ2v) is 7.50. The van der Waals surface area contributed by atoms with Crippen molar-refractivity contribution in [3.8, 4) is 5.75 Å². The van der Waals surface area contributed by atoms with Crippen LogP contribution in [0.1, 0.15) is 35.8 Å². The topological polar surface area (TPSA) is 107 Å². The lowest BCUT2D eigenvalue weighted by atomic mass is 9.83. The van der Waals surface area contributed by atoms with Crippen LogP contribution in [-0.2, 0) is 14.3 Å². The second kappa shape index (κ2) is 8.56. The number of nitrogens with one attached hydrogen (secondary N) is 1. The normalized spacial score (nSPS) is 22.2. The van der Waals surface area contributed by atoms with Gasteiger partial charge in [0.2, 0.25) is 5.82 Å². The van der Waals surface area contributed by atoms with Crippen LogP contribution in [0.4, 0.5) is 14.5 Å². The summed E-state index contributed by atoms with van der Waals surface area (Å²) < 4.78 is 44.8. The van der Waals surface area contributed by atoms with Gasteiger partial charge in [-0.1, -0.05) is 6.07 Å². The number of pyridine rings is 1. The highest BCUT2D eigenvalue weighted by Gasteiger charge is 2.54. The molecule has 3 unspecified atom stereocenters.